The van der Waals surface area contributed by atoms with Gasteiger partial charge in [-0.2, -0.15) is 5.26 Å². The molecule has 0 heterocycles. The van der Waals surface area contributed by atoms with E-state index in [1.807, 2.05) is 6.07 Å². The minimum atomic E-state index is -0.569. The molecule has 0 aliphatic rings. The topological polar surface area (TPSA) is 44.1 Å². The summed E-state index contributed by atoms with van der Waals surface area (Å²) in [4.78, 5) is 13.4. The standard InChI is InChI=1S/C12H12BrFN2O/c1-8(6-7-15)16(2)12(17)11-9(13)4-3-5-10(11)14/h3-5,8H,6H2,1-2H3. The Balaban J connectivity index is 3.01. The van der Waals surface area contributed by atoms with E-state index in [-0.39, 0.29) is 18.0 Å². The molecule has 5 heteroatoms. The molecule has 1 aromatic rings. The van der Waals surface area contributed by atoms with E-state index in [1.54, 1.807) is 20.0 Å². The third-order valence-corrected chi connectivity index (χ3v) is 3.21. The second kappa shape index (κ2) is 5.78. The number of nitrogens with zero attached hydrogens (tertiary/aromatic N) is 2. The molecule has 0 spiro atoms. The third-order valence-electron chi connectivity index (χ3n) is 2.54. The summed E-state index contributed by atoms with van der Waals surface area (Å²) in [5.41, 5.74) is -0.000195. The van der Waals surface area contributed by atoms with Gasteiger partial charge in [-0.3, -0.25) is 4.79 Å². The molecule has 1 unspecified atom stereocenters. The van der Waals surface area contributed by atoms with E-state index >= 15 is 0 Å². The molecule has 0 fully saturated rings. The number of carbonyl (C=O) groups is 1. The maximum Gasteiger partial charge on any atom is 0.257 e. The van der Waals surface area contributed by atoms with E-state index < -0.39 is 11.7 Å². The Morgan fingerprint density at radius 1 is 1.65 bits per heavy atom. The van der Waals surface area contributed by atoms with Crippen LogP contribution in [0.2, 0.25) is 0 Å². The van der Waals surface area contributed by atoms with Gasteiger partial charge >= 0.3 is 0 Å². The molecular formula is C12H12BrFN2O. The van der Waals surface area contributed by atoms with E-state index in [4.69, 9.17) is 5.26 Å². The van der Waals surface area contributed by atoms with Gasteiger partial charge in [0.05, 0.1) is 18.1 Å². The van der Waals surface area contributed by atoms with Crippen LogP contribution in [0.25, 0.3) is 0 Å². The van der Waals surface area contributed by atoms with E-state index in [1.165, 1.54) is 17.0 Å². The number of amides is 1. The van der Waals surface area contributed by atoms with Gasteiger partial charge in [0.2, 0.25) is 0 Å². The molecule has 0 N–H and O–H groups in total. The summed E-state index contributed by atoms with van der Waals surface area (Å²) in [5, 5.41) is 8.58. The first-order valence-electron chi connectivity index (χ1n) is 5.07. The van der Waals surface area contributed by atoms with Crippen molar-refractivity contribution in [1.82, 2.24) is 4.90 Å². The summed E-state index contributed by atoms with van der Waals surface area (Å²) < 4.78 is 14.0. The average molecular weight is 299 g/mol. The highest BCUT2D eigenvalue weighted by atomic mass is 79.9. The molecule has 3 nitrogen and oxygen atoms in total. The molecule has 1 rings (SSSR count). The summed E-state index contributed by atoms with van der Waals surface area (Å²) in [6.45, 7) is 1.75. The summed E-state index contributed by atoms with van der Waals surface area (Å²) in [6.07, 6.45) is 0.217. The first kappa shape index (κ1) is 13.7. The fourth-order valence-electron chi connectivity index (χ4n) is 1.35. The van der Waals surface area contributed by atoms with Crippen molar-refractivity contribution in [2.45, 2.75) is 19.4 Å². The Morgan fingerprint density at radius 3 is 2.82 bits per heavy atom. The van der Waals surface area contributed by atoms with Gasteiger partial charge in [0.1, 0.15) is 5.82 Å². The smallest absolute Gasteiger partial charge is 0.257 e. The Kier molecular flexibility index (Phi) is 4.64. The summed E-state index contributed by atoms with van der Waals surface area (Å²) in [6, 6.07) is 6.10. The Hall–Kier alpha value is -1.41. The van der Waals surface area contributed by atoms with Crippen LogP contribution in [0, 0.1) is 17.1 Å². The minimum absolute atomic E-state index is 0.000195. The average Bonchev–Trinajstić information content (AvgIpc) is 2.27. The molecule has 1 atom stereocenters. The normalized spacial score (nSPS) is 11.7. The van der Waals surface area contributed by atoms with E-state index in [2.05, 4.69) is 15.9 Å². The van der Waals surface area contributed by atoms with Crippen LogP contribution in [0.5, 0.6) is 0 Å². The van der Waals surface area contributed by atoms with Gasteiger partial charge in [-0.15, -0.1) is 0 Å². The molecule has 1 aromatic carbocycles. The van der Waals surface area contributed by atoms with Crippen LogP contribution in [-0.4, -0.2) is 23.9 Å². The summed E-state index contributed by atoms with van der Waals surface area (Å²) in [7, 11) is 1.56. The summed E-state index contributed by atoms with van der Waals surface area (Å²) >= 11 is 3.15. The molecule has 17 heavy (non-hydrogen) atoms. The Morgan fingerprint density at radius 2 is 2.29 bits per heavy atom. The SMILES string of the molecule is CC(CC#N)N(C)C(=O)c1c(F)cccc1Br. The molecule has 90 valence electrons. The molecule has 0 radical (unpaired) electrons. The van der Waals surface area contributed by atoms with E-state index in [9.17, 15) is 9.18 Å². The first-order chi connectivity index (χ1) is 7.99. The molecule has 0 aliphatic carbocycles. The third kappa shape index (κ3) is 3.04. The predicted octanol–water partition coefficient (Wildman–Crippen LogP) is 2.96. The highest BCUT2D eigenvalue weighted by Gasteiger charge is 2.22. The fraction of sp³-hybridized carbons (Fsp3) is 0.333. The van der Waals surface area contributed by atoms with Crippen molar-refractivity contribution in [1.29, 1.82) is 5.26 Å². The van der Waals surface area contributed by atoms with Crippen molar-refractivity contribution in [2.75, 3.05) is 7.05 Å². The Labute approximate surface area is 108 Å². The quantitative estimate of drug-likeness (QED) is 0.861. The number of halogens is 2. The highest BCUT2D eigenvalue weighted by molar-refractivity contribution is 9.10. The molecule has 0 aliphatic heterocycles. The van der Waals surface area contributed by atoms with E-state index in [0.717, 1.165) is 0 Å². The second-order valence-corrected chi connectivity index (χ2v) is 4.58. The number of hydrogen-bond acceptors (Lipinski definition) is 2. The van der Waals surface area contributed by atoms with Crippen LogP contribution in [0.15, 0.2) is 22.7 Å². The van der Waals surface area contributed by atoms with Gasteiger partial charge in [-0.25, -0.2) is 4.39 Å². The van der Waals surface area contributed by atoms with Crippen LogP contribution < -0.4 is 0 Å². The molecule has 1 amide bonds. The highest BCUT2D eigenvalue weighted by Crippen LogP contribution is 2.22. The van der Waals surface area contributed by atoms with Gasteiger partial charge in [0, 0.05) is 17.6 Å². The van der Waals surface area contributed by atoms with E-state index in [0.29, 0.717) is 4.47 Å². The fourth-order valence-corrected chi connectivity index (χ4v) is 1.86. The Bertz CT molecular complexity index is 450. The zero-order valence-corrected chi connectivity index (χ0v) is 11.2. The van der Waals surface area contributed by atoms with Crippen molar-refractivity contribution in [3.05, 3.63) is 34.1 Å². The second-order valence-electron chi connectivity index (χ2n) is 3.72. The molecule has 0 saturated heterocycles. The van der Waals surface area contributed by atoms with Crippen molar-refractivity contribution in [3.8, 4) is 6.07 Å². The van der Waals surface area contributed by atoms with Crippen LogP contribution in [0.4, 0.5) is 4.39 Å². The van der Waals surface area contributed by atoms with Gasteiger partial charge in [-0.1, -0.05) is 6.07 Å². The van der Waals surface area contributed by atoms with Crippen LogP contribution in [-0.2, 0) is 0 Å². The minimum Gasteiger partial charge on any atom is -0.338 e. The first-order valence-corrected chi connectivity index (χ1v) is 5.86. The lowest BCUT2D eigenvalue weighted by Gasteiger charge is -2.23. The number of hydrogen-bond donors (Lipinski definition) is 0. The van der Waals surface area contributed by atoms with Crippen LogP contribution >= 0.6 is 15.9 Å². The maximum absolute atomic E-state index is 13.6. The molecule has 0 saturated carbocycles. The zero-order valence-electron chi connectivity index (χ0n) is 9.58. The van der Waals surface area contributed by atoms with Crippen LogP contribution in [0.1, 0.15) is 23.7 Å². The largest absolute Gasteiger partial charge is 0.338 e. The van der Waals surface area contributed by atoms with Gasteiger partial charge in [-0.05, 0) is 35.0 Å². The molecule has 0 aromatic heterocycles. The van der Waals surface area contributed by atoms with Crippen molar-refractivity contribution in [3.63, 3.8) is 0 Å². The van der Waals surface area contributed by atoms with Gasteiger partial charge in [0.15, 0.2) is 0 Å². The van der Waals surface area contributed by atoms with Crippen molar-refractivity contribution >= 4 is 21.8 Å². The number of nitriles is 1. The zero-order chi connectivity index (χ0) is 13.0. The van der Waals surface area contributed by atoms with Gasteiger partial charge in [0.25, 0.3) is 5.91 Å². The predicted molar refractivity (Wildman–Crippen MR) is 65.9 cm³/mol. The van der Waals surface area contributed by atoms with Crippen molar-refractivity contribution < 1.29 is 9.18 Å². The lowest BCUT2D eigenvalue weighted by Crippen LogP contribution is -2.35. The number of carbonyl (C=O) groups excluding carboxylic acids is 1. The maximum atomic E-state index is 13.6. The van der Waals surface area contributed by atoms with Crippen LogP contribution in [0.3, 0.4) is 0 Å². The lowest BCUT2D eigenvalue weighted by atomic mass is 10.1. The number of benzene rings is 1. The van der Waals surface area contributed by atoms with Gasteiger partial charge < -0.3 is 4.90 Å². The van der Waals surface area contributed by atoms with Crippen molar-refractivity contribution in [2.24, 2.45) is 0 Å². The number of rotatable bonds is 3. The molecular weight excluding hydrogens is 287 g/mol. The lowest BCUT2D eigenvalue weighted by molar-refractivity contribution is 0.0740. The monoisotopic (exact) mass is 298 g/mol. The summed E-state index contributed by atoms with van der Waals surface area (Å²) in [5.74, 6) is -1.00. The molecule has 0 bridgehead atoms.